The van der Waals surface area contributed by atoms with E-state index in [1.54, 1.807) is 0 Å². The highest BCUT2D eigenvalue weighted by atomic mass is 16.2. The molecular formula is C12H24N2O. The van der Waals surface area contributed by atoms with Crippen LogP contribution in [-0.2, 0) is 0 Å². The Morgan fingerprint density at radius 3 is 2.27 bits per heavy atom. The summed E-state index contributed by atoms with van der Waals surface area (Å²) in [6, 6.07) is 0.584. The number of hydrogen-bond donors (Lipinski definition) is 2. The molecule has 0 aromatic rings. The van der Waals surface area contributed by atoms with Crippen molar-refractivity contribution >= 4 is 6.03 Å². The first-order valence-corrected chi connectivity index (χ1v) is 5.96. The van der Waals surface area contributed by atoms with Crippen molar-refractivity contribution in [1.29, 1.82) is 0 Å². The third-order valence-corrected chi connectivity index (χ3v) is 3.34. The van der Waals surface area contributed by atoms with Gasteiger partial charge in [0.2, 0.25) is 0 Å². The molecule has 0 aromatic carbocycles. The SMILES string of the molecule is CC(NC(=O)NC1CCCC1)C(C)(C)C. The van der Waals surface area contributed by atoms with Gasteiger partial charge in [-0.3, -0.25) is 0 Å². The molecule has 3 heteroatoms. The molecule has 0 saturated heterocycles. The van der Waals surface area contributed by atoms with Crippen molar-refractivity contribution in [3.63, 3.8) is 0 Å². The highest BCUT2D eigenvalue weighted by Crippen LogP contribution is 2.19. The van der Waals surface area contributed by atoms with Crippen LogP contribution in [0.25, 0.3) is 0 Å². The molecule has 2 amide bonds. The van der Waals surface area contributed by atoms with Gasteiger partial charge in [0.1, 0.15) is 0 Å². The topological polar surface area (TPSA) is 41.1 Å². The second-order valence-corrected chi connectivity index (χ2v) is 5.69. The van der Waals surface area contributed by atoms with Gasteiger partial charge in [-0.1, -0.05) is 33.6 Å². The van der Waals surface area contributed by atoms with Gasteiger partial charge in [-0.25, -0.2) is 4.79 Å². The molecule has 0 aromatic heterocycles. The van der Waals surface area contributed by atoms with Crippen LogP contribution in [0.4, 0.5) is 4.79 Å². The summed E-state index contributed by atoms with van der Waals surface area (Å²) in [6.07, 6.45) is 4.77. The normalized spacial score (nSPS) is 20.0. The van der Waals surface area contributed by atoms with Gasteiger partial charge < -0.3 is 10.6 Å². The van der Waals surface area contributed by atoms with E-state index in [4.69, 9.17) is 0 Å². The van der Waals surface area contributed by atoms with Crippen LogP contribution in [0, 0.1) is 5.41 Å². The summed E-state index contributed by atoms with van der Waals surface area (Å²) in [4.78, 5) is 11.6. The van der Waals surface area contributed by atoms with Crippen LogP contribution >= 0.6 is 0 Å². The molecule has 1 aliphatic rings. The number of nitrogens with one attached hydrogen (secondary N) is 2. The van der Waals surface area contributed by atoms with Crippen molar-refractivity contribution in [1.82, 2.24) is 10.6 Å². The number of hydrogen-bond acceptors (Lipinski definition) is 1. The van der Waals surface area contributed by atoms with Gasteiger partial charge in [0.05, 0.1) is 0 Å². The third-order valence-electron chi connectivity index (χ3n) is 3.34. The number of carbonyl (C=O) groups excluding carboxylic acids is 1. The summed E-state index contributed by atoms with van der Waals surface area (Å²) in [5, 5.41) is 6.03. The van der Waals surface area contributed by atoms with Gasteiger partial charge in [0.25, 0.3) is 0 Å². The second kappa shape index (κ2) is 4.86. The second-order valence-electron chi connectivity index (χ2n) is 5.69. The Kier molecular flexibility index (Phi) is 4.00. The summed E-state index contributed by atoms with van der Waals surface area (Å²) < 4.78 is 0. The summed E-state index contributed by atoms with van der Waals surface area (Å²) in [6.45, 7) is 8.45. The van der Waals surface area contributed by atoms with E-state index in [0.29, 0.717) is 6.04 Å². The van der Waals surface area contributed by atoms with E-state index in [0.717, 1.165) is 12.8 Å². The first kappa shape index (κ1) is 12.3. The maximum atomic E-state index is 11.6. The third kappa shape index (κ3) is 4.10. The molecule has 0 aliphatic heterocycles. The van der Waals surface area contributed by atoms with Gasteiger partial charge in [-0.05, 0) is 25.2 Å². The Bertz CT molecular complexity index is 214. The fourth-order valence-electron chi connectivity index (χ4n) is 1.71. The molecule has 1 unspecified atom stereocenters. The van der Waals surface area contributed by atoms with E-state index in [2.05, 4.69) is 31.4 Å². The Labute approximate surface area is 93.0 Å². The Morgan fingerprint density at radius 2 is 1.80 bits per heavy atom. The van der Waals surface area contributed by atoms with Crippen LogP contribution < -0.4 is 10.6 Å². The molecule has 88 valence electrons. The molecule has 1 fully saturated rings. The molecule has 2 N–H and O–H groups in total. The number of rotatable bonds is 2. The highest BCUT2D eigenvalue weighted by Gasteiger charge is 2.23. The van der Waals surface area contributed by atoms with Crippen LogP contribution in [0.3, 0.4) is 0 Å². The van der Waals surface area contributed by atoms with Crippen LogP contribution in [0.15, 0.2) is 0 Å². The van der Waals surface area contributed by atoms with E-state index in [1.807, 2.05) is 6.92 Å². The Hall–Kier alpha value is -0.730. The zero-order valence-electron chi connectivity index (χ0n) is 10.4. The lowest BCUT2D eigenvalue weighted by Gasteiger charge is -2.28. The van der Waals surface area contributed by atoms with Crippen molar-refractivity contribution in [2.24, 2.45) is 5.41 Å². The van der Waals surface area contributed by atoms with Crippen LogP contribution in [0.2, 0.25) is 0 Å². The maximum absolute atomic E-state index is 11.6. The van der Waals surface area contributed by atoms with E-state index in [9.17, 15) is 4.79 Å². The summed E-state index contributed by atoms with van der Waals surface area (Å²) >= 11 is 0. The maximum Gasteiger partial charge on any atom is 0.315 e. The van der Waals surface area contributed by atoms with Crippen molar-refractivity contribution in [3.8, 4) is 0 Å². The van der Waals surface area contributed by atoms with E-state index >= 15 is 0 Å². The molecule has 1 atom stereocenters. The van der Waals surface area contributed by atoms with Gasteiger partial charge in [-0.15, -0.1) is 0 Å². The average molecular weight is 212 g/mol. The van der Waals surface area contributed by atoms with Crippen LogP contribution in [-0.4, -0.2) is 18.1 Å². The molecule has 0 spiro atoms. The van der Waals surface area contributed by atoms with Crippen LogP contribution in [0.5, 0.6) is 0 Å². The number of amides is 2. The van der Waals surface area contributed by atoms with Gasteiger partial charge in [0.15, 0.2) is 0 Å². The van der Waals surface area contributed by atoms with E-state index in [-0.39, 0.29) is 17.5 Å². The minimum atomic E-state index is -0.00988. The molecule has 3 nitrogen and oxygen atoms in total. The predicted molar refractivity (Wildman–Crippen MR) is 62.8 cm³/mol. The summed E-state index contributed by atoms with van der Waals surface area (Å²) in [5.74, 6) is 0. The van der Waals surface area contributed by atoms with Crippen molar-refractivity contribution in [2.45, 2.75) is 65.5 Å². The molecule has 1 aliphatic carbocycles. The van der Waals surface area contributed by atoms with Crippen molar-refractivity contribution < 1.29 is 4.79 Å². The minimum absolute atomic E-state index is 0.00988. The molecule has 0 bridgehead atoms. The standard InChI is InChI=1S/C12H24N2O/c1-9(12(2,3)4)13-11(15)14-10-7-5-6-8-10/h9-10H,5-8H2,1-4H3,(H2,13,14,15). The fourth-order valence-corrected chi connectivity index (χ4v) is 1.71. The highest BCUT2D eigenvalue weighted by molar-refractivity contribution is 5.74. The molecule has 1 saturated carbocycles. The first-order chi connectivity index (χ1) is 6.89. The Balaban J connectivity index is 2.29. The largest absolute Gasteiger partial charge is 0.335 e. The number of carbonyl (C=O) groups is 1. The molecule has 1 rings (SSSR count). The van der Waals surface area contributed by atoms with E-state index in [1.165, 1.54) is 12.8 Å². The van der Waals surface area contributed by atoms with Crippen molar-refractivity contribution in [2.75, 3.05) is 0 Å². The first-order valence-electron chi connectivity index (χ1n) is 5.96. The van der Waals surface area contributed by atoms with Gasteiger partial charge in [0, 0.05) is 12.1 Å². The molecular weight excluding hydrogens is 188 g/mol. The number of urea groups is 1. The summed E-state index contributed by atoms with van der Waals surface area (Å²) in [7, 11) is 0. The fraction of sp³-hybridized carbons (Fsp3) is 0.917. The molecule has 0 heterocycles. The lowest BCUT2D eigenvalue weighted by Crippen LogP contribution is -2.48. The zero-order chi connectivity index (χ0) is 11.5. The lowest BCUT2D eigenvalue weighted by atomic mass is 9.88. The minimum Gasteiger partial charge on any atom is -0.335 e. The Morgan fingerprint density at radius 1 is 1.27 bits per heavy atom. The van der Waals surface area contributed by atoms with Gasteiger partial charge >= 0.3 is 6.03 Å². The average Bonchev–Trinajstić information content (AvgIpc) is 2.54. The molecule has 0 radical (unpaired) electrons. The zero-order valence-corrected chi connectivity index (χ0v) is 10.4. The predicted octanol–water partition coefficient (Wildman–Crippen LogP) is 2.66. The molecule has 15 heavy (non-hydrogen) atoms. The van der Waals surface area contributed by atoms with Crippen LogP contribution in [0.1, 0.15) is 53.4 Å². The van der Waals surface area contributed by atoms with Crippen molar-refractivity contribution in [3.05, 3.63) is 0 Å². The van der Waals surface area contributed by atoms with E-state index < -0.39 is 0 Å². The quantitative estimate of drug-likeness (QED) is 0.726. The lowest BCUT2D eigenvalue weighted by molar-refractivity contribution is 0.219. The smallest absolute Gasteiger partial charge is 0.315 e. The summed E-state index contributed by atoms with van der Waals surface area (Å²) in [5.41, 5.74) is 0.118. The monoisotopic (exact) mass is 212 g/mol. The van der Waals surface area contributed by atoms with Gasteiger partial charge in [-0.2, -0.15) is 0 Å².